The zero-order valence-corrected chi connectivity index (χ0v) is 12.8. The molecule has 19 heavy (non-hydrogen) atoms. The van der Waals surface area contributed by atoms with Crippen molar-refractivity contribution in [2.45, 2.75) is 32.2 Å². The van der Waals surface area contributed by atoms with E-state index < -0.39 is 0 Å². The minimum absolute atomic E-state index is 0.190. The van der Waals surface area contributed by atoms with Gasteiger partial charge >= 0.3 is 0 Å². The first-order chi connectivity index (χ1) is 9.02. The van der Waals surface area contributed by atoms with Crippen LogP contribution in [0.2, 0.25) is 5.02 Å². The lowest BCUT2D eigenvalue weighted by Crippen LogP contribution is -2.34. The summed E-state index contributed by atoms with van der Waals surface area (Å²) in [5.41, 5.74) is 0.995. The number of halogens is 2. The maximum atomic E-state index is 13.4. The van der Waals surface area contributed by atoms with Crippen molar-refractivity contribution in [2.24, 2.45) is 0 Å². The minimum atomic E-state index is -0.332. The highest BCUT2D eigenvalue weighted by Gasteiger charge is 2.10. The van der Waals surface area contributed by atoms with Crippen LogP contribution >= 0.6 is 11.6 Å². The number of nitrogens with one attached hydrogen (secondary N) is 1. The van der Waals surface area contributed by atoms with Gasteiger partial charge in [0.1, 0.15) is 5.82 Å². The topological polar surface area (TPSA) is 15.3 Å². The fourth-order valence-corrected chi connectivity index (χ4v) is 2.11. The molecular formula is C15H24ClFN2. The van der Waals surface area contributed by atoms with Crippen LogP contribution in [0.1, 0.15) is 25.3 Å². The van der Waals surface area contributed by atoms with Crippen molar-refractivity contribution >= 4 is 11.6 Å². The van der Waals surface area contributed by atoms with Crippen LogP contribution in [0.5, 0.6) is 0 Å². The number of hydrogen-bond acceptors (Lipinski definition) is 2. The van der Waals surface area contributed by atoms with Crippen LogP contribution < -0.4 is 5.32 Å². The van der Waals surface area contributed by atoms with E-state index in [1.807, 2.05) is 6.07 Å². The third-order valence-corrected chi connectivity index (χ3v) is 3.38. The Bertz CT molecular complexity index is 382. The zero-order chi connectivity index (χ0) is 14.3. The first-order valence-electron chi connectivity index (χ1n) is 6.85. The molecule has 1 aromatic carbocycles. The van der Waals surface area contributed by atoms with Crippen molar-refractivity contribution in [1.82, 2.24) is 10.2 Å². The molecule has 108 valence electrons. The Morgan fingerprint density at radius 3 is 2.68 bits per heavy atom. The second-order valence-corrected chi connectivity index (χ2v) is 5.60. The molecular weight excluding hydrogens is 263 g/mol. The van der Waals surface area contributed by atoms with E-state index >= 15 is 0 Å². The molecule has 1 atom stereocenters. The van der Waals surface area contributed by atoms with E-state index in [1.165, 1.54) is 0 Å². The normalized spacial score (nSPS) is 12.9. The molecule has 0 aliphatic heterocycles. The third kappa shape index (κ3) is 6.37. The Morgan fingerprint density at radius 2 is 2.11 bits per heavy atom. The summed E-state index contributed by atoms with van der Waals surface area (Å²) in [6, 6.07) is 5.46. The second-order valence-electron chi connectivity index (χ2n) is 5.20. The van der Waals surface area contributed by atoms with Gasteiger partial charge < -0.3 is 10.2 Å². The van der Waals surface area contributed by atoms with Gasteiger partial charge in [-0.2, -0.15) is 0 Å². The molecule has 0 aliphatic carbocycles. The molecule has 0 bridgehead atoms. The van der Waals surface area contributed by atoms with Crippen LogP contribution in [0.3, 0.4) is 0 Å². The molecule has 0 heterocycles. The van der Waals surface area contributed by atoms with E-state index in [0.717, 1.165) is 37.9 Å². The van der Waals surface area contributed by atoms with Crippen molar-refractivity contribution < 1.29 is 4.39 Å². The number of nitrogens with zero attached hydrogens (tertiary/aromatic N) is 1. The summed E-state index contributed by atoms with van der Waals surface area (Å²) in [6.45, 7) is 4.17. The molecule has 0 aromatic heterocycles. The smallest absolute Gasteiger partial charge is 0.142 e. The highest BCUT2D eigenvalue weighted by molar-refractivity contribution is 6.30. The Balaban J connectivity index is 2.61. The lowest BCUT2D eigenvalue weighted by atomic mass is 10.0. The van der Waals surface area contributed by atoms with Crippen LogP contribution in [0.4, 0.5) is 4.39 Å². The lowest BCUT2D eigenvalue weighted by molar-refractivity contribution is 0.356. The largest absolute Gasteiger partial charge is 0.314 e. The molecule has 0 radical (unpaired) electrons. The Labute approximate surface area is 120 Å². The molecule has 0 spiro atoms. The number of rotatable bonds is 8. The fourth-order valence-electron chi connectivity index (χ4n) is 1.99. The molecule has 0 saturated heterocycles. The van der Waals surface area contributed by atoms with Gasteiger partial charge in [0, 0.05) is 6.04 Å². The number of hydrogen-bond donors (Lipinski definition) is 1. The summed E-state index contributed by atoms with van der Waals surface area (Å²) < 4.78 is 13.4. The summed E-state index contributed by atoms with van der Waals surface area (Å²) in [5, 5.41) is 3.72. The van der Waals surface area contributed by atoms with E-state index in [4.69, 9.17) is 11.6 Å². The van der Waals surface area contributed by atoms with E-state index in [2.05, 4.69) is 31.2 Å². The standard InChI is InChI=1S/C15H24ClFN2/c1-4-8-18-13(7-9-19(2)3)10-12-5-6-14(16)15(17)11-12/h5-6,11,13,18H,4,7-10H2,1-3H3. The van der Waals surface area contributed by atoms with E-state index in [9.17, 15) is 4.39 Å². The van der Waals surface area contributed by atoms with Crippen LogP contribution in [0, 0.1) is 5.82 Å². The van der Waals surface area contributed by atoms with Gasteiger partial charge in [-0.3, -0.25) is 0 Å². The highest BCUT2D eigenvalue weighted by Crippen LogP contribution is 2.17. The van der Waals surface area contributed by atoms with Crippen molar-refractivity contribution in [3.05, 3.63) is 34.6 Å². The monoisotopic (exact) mass is 286 g/mol. The van der Waals surface area contributed by atoms with Gasteiger partial charge in [-0.25, -0.2) is 4.39 Å². The average molecular weight is 287 g/mol. The maximum Gasteiger partial charge on any atom is 0.142 e. The van der Waals surface area contributed by atoms with Gasteiger partial charge in [-0.15, -0.1) is 0 Å². The van der Waals surface area contributed by atoms with Crippen molar-refractivity contribution in [3.63, 3.8) is 0 Å². The Kier molecular flexibility index (Phi) is 7.36. The van der Waals surface area contributed by atoms with Crippen molar-refractivity contribution in [3.8, 4) is 0 Å². The summed E-state index contributed by atoms with van der Waals surface area (Å²) >= 11 is 5.71. The lowest BCUT2D eigenvalue weighted by Gasteiger charge is -2.21. The van der Waals surface area contributed by atoms with Gasteiger partial charge in [0.2, 0.25) is 0 Å². The summed E-state index contributed by atoms with van der Waals surface area (Å²) in [5.74, 6) is -0.332. The highest BCUT2D eigenvalue weighted by atomic mass is 35.5. The third-order valence-electron chi connectivity index (χ3n) is 3.07. The van der Waals surface area contributed by atoms with Gasteiger partial charge in [-0.05, 0) is 64.1 Å². The Morgan fingerprint density at radius 1 is 1.37 bits per heavy atom. The molecule has 0 amide bonds. The fraction of sp³-hybridized carbons (Fsp3) is 0.600. The minimum Gasteiger partial charge on any atom is -0.314 e. The molecule has 2 nitrogen and oxygen atoms in total. The van der Waals surface area contributed by atoms with Gasteiger partial charge in [-0.1, -0.05) is 24.6 Å². The van der Waals surface area contributed by atoms with Crippen LogP contribution in [-0.2, 0) is 6.42 Å². The van der Waals surface area contributed by atoms with Crippen LogP contribution in [0.15, 0.2) is 18.2 Å². The SMILES string of the molecule is CCCNC(CCN(C)C)Cc1ccc(Cl)c(F)c1. The Hall–Kier alpha value is -0.640. The van der Waals surface area contributed by atoms with Gasteiger partial charge in [0.05, 0.1) is 5.02 Å². The van der Waals surface area contributed by atoms with Crippen molar-refractivity contribution in [2.75, 3.05) is 27.2 Å². The second kappa shape index (κ2) is 8.51. The molecule has 1 unspecified atom stereocenters. The van der Waals surface area contributed by atoms with E-state index in [-0.39, 0.29) is 10.8 Å². The van der Waals surface area contributed by atoms with Gasteiger partial charge in [0.25, 0.3) is 0 Å². The maximum absolute atomic E-state index is 13.4. The molecule has 1 rings (SSSR count). The molecule has 4 heteroatoms. The molecule has 0 fully saturated rings. The zero-order valence-electron chi connectivity index (χ0n) is 12.0. The van der Waals surface area contributed by atoms with E-state index in [1.54, 1.807) is 12.1 Å². The van der Waals surface area contributed by atoms with Crippen LogP contribution in [0.25, 0.3) is 0 Å². The van der Waals surface area contributed by atoms with Crippen LogP contribution in [-0.4, -0.2) is 38.1 Å². The summed E-state index contributed by atoms with van der Waals surface area (Å²) in [6.07, 6.45) is 2.99. The molecule has 1 aromatic rings. The van der Waals surface area contributed by atoms with E-state index in [0.29, 0.717) is 6.04 Å². The van der Waals surface area contributed by atoms with Gasteiger partial charge in [0.15, 0.2) is 0 Å². The quantitative estimate of drug-likeness (QED) is 0.788. The predicted molar refractivity (Wildman–Crippen MR) is 80.4 cm³/mol. The first kappa shape index (κ1) is 16.4. The first-order valence-corrected chi connectivity index (χ1v) is 7.22. The molecule has 0 saturated carbocycles. The summed E-state index contributed by atoms with van der Waals surface area (Å²) in [7, 11) is 4.14. The van der Waals surface area contributed by atoms with Crippen molar-refractivity contribution in [1.29, 1.82) is 0 Å². The predicted octanol–water partition coefficient (Wildman–Crippen LogP) is 3.34. The molecule has 0 aliphatic rings. The molecule has 1 N–H and O–H groups in total. The number of benzene rings is 1. The summed E-state index contributed by atoms with van der Waals surface area (Å²) in [4.78, 5) is 2.17. The average Bonchev–Trinajstić information content (AvgIpc) is 2.37.